The number of rotatable bonds is 0. The Hall–Kier alpha value is -0.780. The molecule has 0 saturated carbocycles. The Kier molecular flexibility index (Phi) is 2.86. The average Bonchev–Trinajstić information content (AvgIpc) is 2.23. The Bertz CT molecular complexity index is 326. The van der Waals surface area contributed by atoms with Gasteiger partial charge in [-0.05, 0) is 37.2 Å². The molecule has 15 heavy (non-hydrogen) atoms. The van der Waals surface area contributed by atoms with E-state index in [-0.39, 0.29) is 5.41 Å². The van der Waals surface area contributed by atoms with Gasteiger partial charge in [-0.3, -0.25) is 0 Å². The third kappa shape index (κ3) is 2.25. The van der Waals surface area contributed by atoms with Gasteiger partial charge >= 0.3 is 0 Å². The van der Waals surface area contributed by atoms with E-state index in [0.29, 0.717) is 5.92 Å². The molecule has 0 radical (unpaired) electrons. The van der Waals surface area contributed by atoms with Crippen molar-refractivity contribution in [2.24, 2.45) is 11.3 Å². The van der Waals surface area contributed by atoms with Crippen LogP contribution in [-0.4, -0.2) is 0 Å². The van der Waals surface area contributed by atoms with Gasteiger partial charge in [0, 0.05) is 5.41 Å². The lowest BCUT2D eigenvalue weighted by molar-refractivity contribution is 0.503. The smallest absolute Gasteiger partial charge is 0.00402 e. The van der Waals surface area contributed by atoms with Crippen LogP contribution in [0.4, 0.5) is 0 Å². The summed E-state index contributed by atoms with van der Waals surface area (Å²) in [5, 5.41) is 0. The van der Waals surface area contributed by atoms with Gasteiger partial charge in [0.15, 0.2) is 0 Å². The van der Waals surface area contributed by atoms with Gasteiger partial charge in [0.2, 0.25) is 0 Å². The maximum Gasteiger partial charge on any atom is 0.00402 e. The molecular formula is C15H22. The summed E-state index contributed by atoms with van der Waals surface area (Å²) in [7, 11) is 0. The first kappa shape index (κ1) is 10.7. The lowest BCUT2D eigenvalue weighted by Gasteiger charge is -2.32. The predicted molar refractivity (Wildman–Crippen MR) is 66.7 cm³/mol. The van der Waals surface area contributed by atoms with Crippen LogP contribution in [0.2, 0.25) is 0 Å². The van der Waals surface area contributed by atoms with Gasteiger partial charge in [-0.2, -0.15) is 0 Å². The van der Waals surface area contributed by atoms with Gasteiger partial charge in [-0.15, -0.1) is 0 Å². The van der Waals surface area contributed by atoms with E-state index in [1.807, 2.05) is 0 Å². The predicted octanol–water partition coefficient (Wildman–Crippen LogP) is 4.65. The van der Waals surface area contributed by atoms with Crippen molar-refractivity contribution < 1.29 is 0 Å². The molecule has 0 heterocycles. The average molecular weight is 202 g/mol. The monoisotopic (exact) mass is 202 g/mol. The van der Waals surface area contributed by atoms with E-state index in [0.717, 1.165) is 0 Å². The van der Waals surface area contributed by atoms with E-state index in [1.54, 1.807) is 11.1 Å². The second kappa shape index (κ2) is 4.00. The zero-order chi connectivity index (χ0) is 10.9. The molecule has 1 unspecified atom stereocenters. The first-order chi connectivity index (χ1) is 7.09. The van der Waals surface area contributed by atoms with Crippen LogP contribution in [0, 0.1) is 11.3 Å². The van der Waals surface area contributed by atoms with Crippen molar-refractivity contribution in [2.75, 3.05) is 0 Å². The molecule has 0 heteroatoms. The summed E-state index contributed by atoms with van der Waals surface area (Å²) in [6, 6.07) is 0. The Morgan fingerprint density at radius 2 is 1.87 bits per heavy atom. The molecule has 0 bridgehead atoms. The molecule has 0 aromatic rings. The molecule has 0 amide bonds. The topological polar surface area (TPSA) is 0 Å². The van der Waals surface area contributed by atoms with Crippen LogP contribution in [0.3, 0.4) is 0 Å². The molecule has 2 aliphatic rings. The normalized spacial score (nSPS) is 33.9. The molecule has 1 atom stereocenters. The number of hydrogen-bond donors (Lipinski definition) is 0. The fourth-order valence-electron chi connectivity index (χ4n) is 2.67. The zero-order valence-electron chi connectivity index (χ0n) is 10.2. The first-order valence-electron chi connectivity index (χ1n) is 6.20. The Morgan fingerprint density at radius 1 is 1.13 bits per heavy atom. The molecule has 0 aromatic heterocycles. The lowest BCUT2D eigenvalue weighted by Crippen LogP contribution is -2.17. The van der Waals surface area contributed by atoms with Crippen LogP contribution in [0.1, 0.15) is 46.5 Å². The van der Waals surface area contributed by atoms with Crippen LogP contribution in [0.25, 0.3) is 0 Å². The molecule has 0 saturated heterocycles. The van der Waals surface area contributed by atoms with Crippen molar-refractivity contribution in [2.45, 2.75) is 46.5 Å². The van der Waals surface area contributed by atoms with E-state index in [9.17, 15) is 0 Å². The zero-order valence-corrected chi connectivity index (χ0v) is 10.2. The molecule has 0 spiro atoms. The second-order valence-electron chi connectivity index (χ2n) is 5.51. The molecule has 0 N–H and O–H groups in total. The first-order valence-corrected chi connectivity index (χ1v) is 6.20. The summed E-state index contributed by atoms with van der Waals surface area (Å²) < 4.78 is 0. The van der Waals surface area contributed by atoms with Crippen molar-refractivity contribution in [3.05, 3.63) is 35.5 Å². The molecule has 2 rings (SSSR count). The minimum Gasteiger partial charge on any atom is -0.0810 e. The van der Waals surface area contributed by atoms with Gasteiger partial charge in [0.1, 0.15) is 0 Å². The van der Waals surface area contributed by atoms with Crippen molar-refractivity contribution in [3.8, 4) is 0 Å². The van der Waals surface area contributed by atoms with Crippen molar-refractivity contribution in [3.63, 3.8) is 0 Å². The maximum absolute atomic E-state index is 2.40. The molecule has 0 nitrogen and oxygen atoms in total. The lowest BCUT2D eigenvalue weighted by atomic mass is 9.73. The van der Waals surface area contributed by atoms with Crippen LogP contribution in [0.15, 0.2) is 35.5 Å². The number of allylic oxidation sites excluding steroid dienone is 6. The summed E-state index contributed by atoms with van der Waals surface area (Å²) >= 11 is 0. The third-order valence-electron chi connectivity index (χ3n) is 3.71. The van der Waals surface area contributed by atoms with Crippen LogP contribution in [0.5, 0.6) is 0 Å². The summed E-state index contributed by atoms with van der Waals surface area (Å²) in [5.41, 5.74) is 3.56. The highest BCUT2D eigenvalue weighted by Crippen LogP contribution is 2.40. The highest BCUT2D eigenvalue weighted by atomic mass is 14.3. The quantitative estimate of drug-likeness (QED) is 0.502. The minimum atomic E-state index is 0.273. The SMILES string of the molecule is CC1/C=C\C2=C(CCCC2)C(C)(C)/C=C\1. The molecule has 0 aliphatic heterocycles. The molecule has 0 aromatic carbocycles. The van der Waals surface area contributed by atoms with E-state index >= 15 is 0 Å². The highest BCUT2D eigenvalue weighted by Gasteiger charge is 2.25. The van der Waals surface area contributed by atoms with Crippen LogP contribution >= 0.6 is 0 Å². The largest absolute Gasteiger partial charge is 0.0810 e. The van der Waals surface area contributed by atoms with E-state index < -0.39 is 0 Å². The highest BCUT2D eigenvalue weighted by molar-refractivity contribution is 5.36. The van der Waals surface area contributed by atoms with Crippen molar-refractivity contribution in [1.82, 2.24) is 0 Å². The van der Waals surface area contributed by atoms with Gasteiger partial charge in [0.25, 0.3) is 0 Å². The van der Waals surface area contributed by atoms with Crippen molar-refractivity contribution in [1.29, 1.82) is 0 Å². The van der Waals surface area contributed by atoms with Gasteiger partial charge in [-0.1, -0.05) is 50.6 Å². The number of hydrogen-bond acceptors (Lipinski definition) is 0. The Morgan fingerprint density at radius 3 is 2.67 bits per heavy atom. The van der Waals surface area contributed by atoms with E-state index in [4.69, 9.17) is 0 Å². The molecule has 0 fully saturated rings. The summed E-state index contributed by atoms with van der Waals surface area (Å²) in [4.78, 5) is 0. The fraction of sp³-hybridized carbons (Fsp3) is 0.600. The van der Waals surface area contributed by atoms with Crippen LogP contribution < -0.4 is 0 Å². The minimum absolute atomic E-state index is 0.273. The van der Waals surface area contributed by atoms with Crippen LogP contribution in [-0.2, 0) is 0 Å². The van der Waals surface area contributed by atoms with Gasteiger partial charge in [0.05, 0.1) is 0 Å². The van der Waals surface area contributed by atoms with E-state index in [1.165, 1.54) is 25.7 Å². The fourth-order valence-corrected chi connectivity index (χ4v) is 2.67. The summed E-state index contributed by atoms with van der Waals surface area (Å²) in [5.74, 6) is 0.584. The Labute approximate surface area is 93.8 Å². The third-order valence-corrected chi connectivity index (χ3v) is 3.71. The van der Waals surface area contributed by atoms with Gasteiger partial charge in [-0.25, -0.2) is 0 Å². The summed E-state index contributed by atoms with van der Waals surface area (Å²) in [6.45, 7) is 6.98. The molecule has 82 valence electrons. The van der Waals surface area contributed by atoms with E-state index in [2.05, 4.69) is 45.1 Å². The molecule has 2 aliphatic carbocycles. The standard InChI is InChI=1S/C15H22/c1-12-8-9-13-6-4-5-7-14(13)15(2,3)11-10-12/h8-12H,4-7H2,1-3H3/b9-8-,11-10-. The Balaban J connectivity index is 2.44. The molecular weight excluding hydrogens is 180 g/mol. The van der Waals surface area contributed by atoms with Crippen molar-refractivity contribution >= 4 is 0 Å². The maximum atomic E-state index is 2.40. The summed E-state index contributed by atoms with van der Waals surface area (Å²) in [6.07, 6.45) is 14.8. The van der Waals surface area contributed by atoms with Gasteiger partial charge < -0.3 is 0 Å². The second-order valence-corrected chi connectivity index (χ2v) is 5.51.